The maximum atomic E-state index is 13.3. The molecule has 1 N–H and O–H groups in total. The van der Waals surface area contributed by atoms with Gasteiger partial charge in [-0.3, -0.25) is 9.59 Å². The minimum Gasteiger partial charge on any atom is -0.315 e. The van der Waals surface area contributed by atoms with Crippen LogP contribution < -0.4 is 10.9 Å². The Kier molecular flexibility index (Phi) is 5.40. The van der Waals surface area contributed by atoms with Gasteiger partial charge in [0.05, 0.1) is 5.56 Å². The number of nitrogens with zero attached hydrogens (tertiary/aromatic N) is 2. The molecule has 0 atom stereocenters. The SMILES string of the molecule is CCn1cc(C(=O)Nc2ccc(Cc3ccc(F)c(F)c3)cn2)ccc1=O. The van der Waals surface area contributed by atoms with Crippen LogP contribution in [-0.2, 0) is 13.0 Å². The monoisotopic (exact) mass is 369 g/mol. The highest BCUT2D eigenvalue weighted by molar-refractivity contribution is 6.03. The van der Waals surface area contributed by atoms with Crippen molar-refractivity contribution in [1.29, 1.82) is 0 Å². The molecule has 0 saturated carbocycles. The van der Waals surface area contributed by atoms with E-state index in [1.54, 1.807) is 18.3 Å². The minimum absolute atomic E-state index is 0.172. The number of aryl methyl sites for hydroxylation is 1. The van der Waals surface area contributed by atoms with Gasteiger partial charge in [-0.05, 0) is 48.7 Å². The van der Waals surface area contributed by atoms with E-state index in [9.17, 15) is 18.4 Å². The third-order valence-corrected chi connectivity index (χ3v) is 4.04. The number of anilines is 1. The summed E-state index contributed by atoms with van der Waals surface area (Å²) in [6.45, 7) is 2.28. The minimum atomic E-state index is -0.891. The van der Waals surface area contributed by atoms with Gasteiger partial charge in [0.15, 0.2) is 11.6 Å². The fourth-order valence-corrected chi connectivity index (χ4v) is 2.59. The summed E-state index contributed by atoms with van der Waals surface area (Å²) >= 11 is 0. The number of benzene rings is 1. The number of carbonyl (C=O) groups excluding carboxylic acids is 1. The predicted octanol–water partition coefficient (Wildman–Crippen LogP) is 3.38. The van der Waals surface area contributed by atoms with Gasteiger partial charge in [-0.1, -0.05) is 12.1 Å². The highest BCUT2D eigenvalue weighted by Crippen LogP contribution is 2.14. The Morgan fingerprint density at radius 2 is 1.85 bits per heavy atom. The second kappa shape index (κ2) is 7.90. The molecule has 2 aromatic heterocycles. The molecule has 3 rings (SSSR count). The van der Waals surface area contributed by atoms with E-state index in [0.29, 0.717) is 29.9 Å². The van der Waals surface area contributed by atoms with Crippen molar-refractivity contribution in [3.63, 3.8) is 0 Å². The summed E-state index contributed by atoms with van der Waals surface area (Å²) in [4.78, 5) is 28.1. The number of rotatable bonds is 5. The van der Waals surface area contributed by atoms with Gasteiger partial charge >= 0.3 is 0 Å². The standard InChI is InChI=1S/C20H17F2N3O2/c1-2-25-12-15(5-8-19(25)26)20(27)24-18-7-4-14(11-23-18)9-13-3-6-16(21)17(22)10-13/h3-8,10-12H,2,9H2,1H3,(H,23,24,27). The Morgan fingerprint density at radius 1 is 1.07 bits per heavy atom. The molecule has 0 fully saturated rings. The smallest absolute Gasteiger partial charge is 0.258 e. The van der Waals surface area contributed by atoms with Crippen molar-refractivity contribution in [2.45, 2.75) is 19.9 Å². The fraction of sp³-hybridized carbons (Fsp3) is 0.150. The molecule has 0 aliphatic heterocycles. The number of hydrogen-bond donors (Lipinski definition) is 1. The Balaban J connectivity index is 1.69. The van der Waals surface area contributed by atoms with Gasteiger partial charge in [0, 0.05) is 25.0 Å². The molecular formula is C20H17F2N3O2. The normalized spacial score (nSPS) is 10.6. The Labute approximate surface area is 154 Å². The Morgan fingerprint density at radius 3 is 2.52 bits per heavy atom. The molecule has 0 spiro atoms. The molecule has 3 aromatic rings. The molecule has 1 aromatic carbocycles. The topological polar surface area (TPSA) is 64.0 Å². The number of hydrogen-bond acceptors (Lipinski definition) is 3. The maximum Gasteiger partial charge on any atom is 0.258 e. The summed E-state index contributed by atoms with van der Waals surface area (Å²) in [5, 5.41) is 2.66. The Hall–Kier alpha value is -3.35. The van der Waals surface area contributed by atoms with Crippen LogP contribution in [0, 0.1) is 11.6 Å². The first-order valence-corrected chi connectivity index (χ1v) is 8.37. The summed E-state index contributed by atoms with van der Waals surface area (Å²) in [5.41, 5.74) is 1.59. The molecule has 5 nitrogen and oxygen atoms in total. The second-order valence-electron chi connectivity index (χ2n) is 5.97. The number of halogens is 2. The van der Waals surface area contributed by atoms with Crippen molar-refractivity contribution in [3.8, 4) is 0 Å². The zero-order chi connectivity index (χ0) is 19.4. The molecule has 27 heavy (non-hydrogen) atoms. The van der Waals surface area contributed by atoms with E-state index in [1.165, 1.54) is 29.0 Å². The highest BCUT2D eigenvalue weighted by atomic mass is 19.2. The summed E-state index contributed by atoms with van der Waals surface area (Å²) in [6.07, 6.45) is 3.44. The van der Waals surface area contributed by atoms with E-state index in [4.69, 9.17) is 0 Å². The lowest BCUT2D eigenvalue weighted by atomic mass is 10.1. The van der Waals surface area contributed by atoms with Crippen LogP contribution in [0.2, 0.25) is 0 Å². The summed E-state index contributed by atoms with van der Waals surface area (Å²) in [5.74, 6) is -1.80. The summed E-state index contributed by atoms with van der Waals surface area (Å²) in [6, 6.07) is 9.92. The van der Waals surface area contributed by atoms with Gasteiger partial charge in [-0.25, -0.2) is 13.8 Å². The molecule has 0 aliphatic carbocycles. The third kappa shape index (κ3) is 4.44. The van der Waals surface area contributed by atoms with Crippen molar-refractivity contribution in [3.05, 3.63) is 93.5 Å². The molecule has 2 heterocycles. The average Bonchev–Trinajstić information content (AvgIpc) is 2.66. The molecular weight excluding hydrogens is 352 g/mol. The van der Waals surface area contributed by atoms with Crippen LogP contribution >= 0.6 is 0 Å². The second-order valence-corrected chi connectivity index (χ2v) is 5.97. The van der Waals surface area contributed by atoms with Crippen molar-refractivity contribution >= 4 is 11.7 Å². The zero-order valence-corrected chi connectivity index (χ0v) is 14.6. The fourth-order valence-electron chi connectivity index (χ4n) is 2.59. The number of amides is 1. The van der Waals surface area contributed by atoms with E-state index in [2.05, 4.69) is 10.3 Å². The number of aromatic nitrogens is 2. The van der Waals surface area contributed by atoms with Crippen LogP contribution in [0.5, 0.6) is 0 Å². The largest absolute Gasteiger partial charge is 0.315 e. The third-order valence-electron chi connectivity index (χ3n) is 4.04. The molecule has 1 amide bonds. The summed E-state index contributed by atoms with van der Waals surface area (Å²) in [7, 11) is 0. The lowest BCUT2D eigenvalue weighted by molar-refractivity contribution is 0.102. The maximum absolute atomic E-state index is 13.3. The van der Waals surface area contributed by atoms with E-state index in [1.807, 2.05) is 6.92 Å². The first-order chi connectivity index (χ1) is 13.0. The Bertz CT molecular complexity index is 1030. The van der Waals surface area contributed by atoms with Gasteiger partial charge in [-0.2, -0.15) is 0 Å². The zero-order valence-electron chi connectivity index (χ0n) is 14.6. The van der Waals surface area contributed by atoms with Gasteiger partial charge < -0.3 is 9.88 Å². The van der Waals surface area contributed by atoms with Crippen LogP contribution in [0.3, 0.4) is 0 Å². The molecule has 138 valence electrons. The quantitative estimate of drug-likeness (QED) is 0.750. The summed E-state index contributed by atoms with van der Waals surface area (Å²) < 4.78 is 27.7. The number of nitrogens with one attached hydrogen (secondary N) is 1. The molecule has 0 aliphatic rings. The average molecular weight is 369 g/mol. The van der Waals surface area contributed by atoms with Crippen LogP contribution in [0.4, 0.5) is 14.6 Å². The van der Waals surface area contributed by atoms with Crippen LogP contribution in [0.25, 0.3) is 0 Å². The van der Waals surface area contributed by atoms with E-state index < -0.39 is 11.6 Å². The van der Waals surface area contributed by atoms with Gasteiger partial charge in [0.1, 0.15) is 5.82 Å². The van der Waals surface area contributed by atoms with E-state index in [-0.39, 0.29) is 11.5 Å². The van der Waals surface area contributed by atoms with Crippen molar-refractivity contribution in [2.24, 2.45) is 0 Å². The first-order valence-electron chi connectivity index (χ1n) is 8.37. The van der Waals surface area contributed by atoms with Crippen molar-refractivity contribution < 1.29 is 13.6 Å². The van der Waals surface area contributed by atoms with Crippen LogP contribution in [0.1, 0.15) is 28.4 Å². The van der Waals surface area contributed by atoms with Gasteiger partial charge in [0.2, 0.25) is 0 Å². The number of pyridine rings is 2. The first kappa shape index (κ1) is 18.4. The van der Waals surface area contributed by atoms with Crippen LogP contribution in [0.15, 0.2) is 59.7 Å². The predicted molar refractivity (Wildman–Crippen MR) is 97.7 cm³/mol. The molecule has 0 radical (unpaired) electrons. The molecule has 0 saturated heterocycles. The van der Waals surface area contributed by atoms with Crippen molar-refractivity contribution in [1.82, 2.24) is 9.55 Å². The van der Waals surface area contributed by atoms with E-state index >= 15 is 0 Å². The highest BCUT2D eigenvalue weighted by Gasteiger charge is 2.09. The van der Waals surface area contributed by atoms with Gasteiger partial charge in [0.25, 0.3) is 11.5 Å². The van der Waals surface area contributed by atoms with E-state index in [0.717, 1.165) is 17.7 Å². The molecule has 0 unspecified atom stereocenters. The lowest BCUT2D eigenvalue weighted by Gasteiger charge is -2.08. The lowest BCUT2D eigenvalue weighted by Crippen LogP contribution is -2.21. The van der Waals surface area contributed by atoms with Crippen molar-refractivity contribution in [2.75, 3.05) is 5.32 Å². The van der Waals surface area contributed by atoms with Crippen LogP contribution in [-0.4, -0.2) is 15.5 Å². The molecule has 0 bridgehead atoms. The molecule has 7 heteroatoms. The van der Waals surface area contributed by atoms with Gasteiger partial charge in [-0.15, -0.1) is 0 Å². The number of carbonyl (C=O) groups is 1.